The average molecular weight is 342 g/mol. The van der Waals surface area contributed by atoms with Crippen LogP contribution >= 0.6 is 0 Å². The molecule has 0 heterocycles. The molecule has 0 radical (unpaired) electrons. The molecule has 130 valence electrons. The molecule has 23 heavy (non-hydrogen) atoms. The summed E-state index contributed by atoms with van der Waals surface area (Å²) in [4.78, 5) is 0. The predicted octanol–water partition coefficient (Wildman–Crippen LogP) is 2.20. The second-order valence-corrected chi connectivity index (χ2v) is 9.34. The van der Waals surface area contributed by atoms with E-state index in [9.17, 15) is 8.42 Å². The highest BCUT2D eigenvalue weighted by atomic mass is 32.2. The molecular formula is C17H26O5S. The van der Waals surface area contributed by atoms with Crippen LogP contribution in [0.25, 0.3) is 0 Å². The monoisotopic (exact) mass is 342 g/mol. The minimum Gasteiger partial charge on any atom is -0.383 e. The predicted molar refractivity (Wildman–Crippen MR) is 89.1 cm³/mol. The second-order valence-electron chi connectivity index (χ2n) is 6.48. The van der Waals surface area contributed by atoms with Crippen LogP contribution in [-0.4, -0.2) is 52.0 Å². The fraction of sp³-hybridized carbons (Fsp3) is 0.647. The summed E-state index contributed by atoms with van der Waals surface area (Å²) in [5, 5.41) is 0. The van der Waals surface area contributed by atoms with E-state index in [0.717, 1.165) is 5.56 Å². The maximum atomic E-state index is 13.1. The molecule has 2 rings (SSSR count). The lowest BCUT2D eigenvalue weighted by Crippen LogP contribution is -2.51. The highest BCUT2D eigenvalue weighted by Crippen LogP contribution is 2.48. The minimum absolute atomic E-state index is 0.115. The molecule has 1 aromatic rings. The lowest BCUT2D eigenvalue weighted by atomic mass is 10.2. The molecule has 0 N–H and O–H groups in total. The zero-order valence-corrected chi connectivity index (χ0v) is 14.9. The normalized spacial score (nSPS) is 17.2. The molecule has 6 heteroatoms. The molecule has 1 fully saturated rings. The first-order chi connectivity index (χ1) is 10.9. The zero-order chi connectivity index (χ0) is 17.0. The fourth-order valence-corrected chi connectivity index (χ4v) is 5.36. The second kappa shape index (κ2) is 7.30. The molecule has 0 unspecified atom stereocenters. The van der Waals surface area contributed by atoms with Crippen molar-refractivity contribution in [2.75, 3.05) is 34.0 Å². The Hall–Kier alpha value is -0.950. The van der Waals surface area contributed by atoms with Crippen molar-refractivity contribution in [3.8, 4) is 0 Å². The molecule has 0 bridgehead atoms. The Morgan fingerprint density at radius 2 is 1.65 bits per heavy atom. The summed E-state index contributed by atoms with van der Waals surface area (Å²) in [6, 6.07) is 9.76. The van der Waals surface area contributed by atoms with E-state index in [0.29, 0.717) is 19.4 Å². The highest BCUT2D eigenvalue weighted by Gasteiger charge is 2.61. The first-order valence-corrected chi connectivity index (χ1v) is 9.23. The van der Waals surface area contributed by atoms with Gasteiger partial charge in [-0.25, -0.2) is 8.42 Å². The van der Waals surface area contributed by atoms with Crippen molar-refractivity contribution in [3.63, 3.8) is 0 Å². The number of ether oxygens (including phenoxy) is 3. The van der Waals surface area contributed by atoms with Crippen LogP contribution in [0.15, 0.2) is 30.3 Å². The quantitative estimate of drug-likeness (QED) is 0.652. The van der Waals surface area contributed by atoms with Gasteiger partial charge in [-0.1, -0.05) is 30.3 Å². The van der Waals surface area contributed by atoms with Crippen LogP contribution in [0, 0.1) is 0 Å². The summed E-state index contributed by atoms with van der Waals surface area (Å²) in [7, 11) is -0.425. The van der Waals surface area contributed by atoms with Gasteiger partial charge in [0.1, 0.15) is 4.75 Å². The lowest BCUT2D eigenvalue weighted by Gasteiger charge is -2.32. The van der Waals surface area contributed by atoms with Gasteiger partial charge >= 0.3 is 0 Å². The Morgan fingerprint density at radius 3 is 2.13 bits per heavy atom. The van der Waals surface area contributed by atoms with Gasteiger partial charge in [0, 0.05) is 14.2 Å². The van der Waals surface area contributed by atoms with Gasteiger partial charge in [-0.3, -0.25) is 0 Å². The van der Waals surface area contributed by atoms with Gasteiger partial charge < -0.3 is 14.2 Å². The van der Waals surface area contributed by atoms with E-state index in [1.807, 2.05) is 30.3 Å². The van der Waals surface area contributed by atoms with Crippen molar-refractivity contribution in [3.05, 3.63) is 35.9 Å². The molecule has 1 saturated carbocycles. The number of benzene rings is 1. The summed E-state index contributed by atoms with van der Waals surface area (Å²) in [5.41, 5.74) is 1.04. The average Bonchev–Trinajstić information content (AvgIpc) is 3.30. The molecule has 0 aromatic heterocycles. The van der Waals surface area contributed by atoms with Crippen molar-refractivity contribution in [2.24, 2.45) is 0 Å². The van der Waals surface area contributed by atoms with Crippen molar-refractivity contribution < 1.29 is 22.6 Å². The molecule has 0 atom stereocenters. The van der Waals surface area contributed by atoms with Crippen LogP contribution in [0.2, 0.25) is 0 Å². The molecular weight excluding hydrogens is 316 g/mol. The minimum atomic E-state index is -3.44. The van der Waals surface area contributed by atoms with Crippen molar-refractivity contribution in [2.45, 2.75) is 35.9 Å². The van der Waals surface area contributed by atoms with Gasteiger partial charge in [0.2, 0.25) is 0 Å². The number of hydrogen-bond donors (Lipinski definition) is 0. The largest absolute Gasteiger partial charge is 0.383 e. The van der Waals surface area contributed by atoms with Crippen molar-refractivity contribution >= 4 is 9.84 Å². The van der Waals surface area contributed by atoms with Gasteiger partial charge in [0.15, 0.2) is 9.84 Å². The maximum absolute atomic E-state index is 13.1. The van der Waals surface area contributed by atoms with Crippen molar-refractivity contribution in [1.82, 2.24) is 0 Å². The topological polar surface area (TPSA) is 61.8 Å². The number of rotatable bonds is 10. The molecule has 1 aliphatic carbocycles. The molecule has 1 aromatic carbocycles. The third-order valence-electron chi connectivity index (χ3n) is 4.40. The maximum Gasteiger partial charge on any atom is 0.168 e. The summed E-state index contributed by atoms with van der Waals surface area (Å²) in [6.07, 6.45) is 1.26. The molecule has 5 nitrogen and oxygen atoms in total. The Balaban J connectivity index is 2.05. The van der Waals surface area contributed by atoms with Crippen LogP contribution in [0.3, 0.4) is 0 Å². The summed E-state index contributed by atoms with van der Waals surface area (Å²) < 4.78 is 40.4. The number of hydrogen-bond acceptors (Lipinski definition) is 5. The molecule has 0 spiro atoms. The zero-order valence-electron chi connectivity index (χ0n) is 14.1. The molecule has 0 aliphatic heterocycles. The van der Waals surface area contributed by atoms with Gasteiger partial charge in [-0.15, -0.1) is 0 Å². The first-order valence-electron chi connectivity index (χ1n) is 7.74. The smallest absolute Gasteiger partial charge is 0.168 e. The van der Waals surface area contributed by atoms with E-state index in [1.165, 1.54) is 14.2 Å². The third-order valence-corrected chi connectivity index (χ3v) is 7.60. The van der Waals surface area contributed by atoms with E-state index >= 15 is 0 Å². The number of methoxy groups -OCH3 is 2. The fourth-order valence-electron chi connectivity index (χ4n) is 2.89. The van der Waals surface area contributed by atoms with E-state index in [4.69, 9.17) is 14.2 Å². The SMILES string of the molecule is COCC(C)(COC)S(=O)(=O)C1(COCc2ccccc2)CC1. The Labute approximate surface area is 138 Å². The number of sulfone groups is 1. The van der Waals surface area contributed by atoms with E-state index in [1.54, 1.807) is 6.92 Å². The molecule has 1 aliphatic rings. The van der Waals surface area contributed by atoms with Gasteiger partial charge in [-0.2, -0.15) is 0 Å². The van der Waals surface area contributed by atoms with Crippen molar-refractivity contribution in [1.29, 1.82) is 0 Å². The Bertz CT molecular complexity index is 587. The lowest BCUT2D eigenvalue weighted by molar-refractivity contribution is 0.0981. The highest BCUT2D eigenvalue weighted by molar-refractivity contribution is 7.94. The van der Waals surface area contributed by atoms with Crippen LogP contribution in [-0.2, 0) is 30.7 Å². The molecule has 0 saturated heterocycles. The Morgan fingerprint density at radius 1 is 1.09 bits per heavy atom. The Kier molecular flexibility index (Phi) is 5.84. The van der Waals surface area contributed by atoms with Crippen LogP contribution in [0.5, 0.6) is 0 Å². The van der Waals surface area contributed by atoms with Crippen LogP contribution < -0.4 is 0 Å². The van der Waals surface area contributed by atoms with Crippen LogP contribution in [0.1, 0.15) is 25.3 Å². The van der Waals surface area contributed by atoms with E-state index < -0.39 is 19.3 Å². The van der Waals surface area contributed by atoms with E-state index in [2.05, 4.69) is 0 Å². The van der Waals surface area contributed by atoms with Gasteiger partial charge in [0.05, 0.1) is 31.2 Å². The van der Waals surface area contributed by atoms with E-state index in [-0.39, 0.29) is 19.8 Å². The first kappa shape index (κ1) is 18.4. The third kappa shape index (κ3) is 3.76. The van der Waals surface area contributed by atoms with Crippen LogP contribution in [0.4, 0.5) is 0 Å². The summed E-state index contributed by atoms with van der Waals surface area (Å²) in [6.45, 7) is 2.55. The van der Waals surface area contributed by atoms with Gasteiger partial charge in [-0.05, 0) is 25.3 Å². The summed E-state index contributed by atoms with van der Waals surface area (Å²) in [5.74, 6) is 0. The summed E-state index contributed by atoms with van der Waals surface area (Å²) >= 11 is 0. The van der Waals surface area contributed by atoms with Gasteiger partial charge in [0.25, 0.3) is 0 Å². The standard InChI is InChI=1S/C17H26O5S/c1-16(12-20-2,13-21-3)23(18,19)17(9-10-17)14-22-11-15-7-5-4-6-8-15/h4-8H,9-14H2,1-3H3. The molecule has 0 amide bonds.